The molecule has 6 heteroatoms. The molecule has 1 aliphatic rings. The standard InChI is InChI=1S/C30H31N3O2S/c1-17-9-11-18(12-10-17)24-16-22(20-7-5-6-8-23(20)32-24)28(35)33-29-26(27(31)34)21-14-13-19(30(2,3)4)15-25(21)36-29/h5-12,16,19H,13-15H2,1-4H3,(H2,31,34)(H,33,35)/t19-/m0/s1. The van der Waals surface area contributed by atoms with Crippen LogP contribution in [-0.4, -0.2) is 16.8 Å². The van der Waals surface area contributed by atoms with E-state index in [-0.39, 0.29) is 11.3 Å². The average Bonchev–Trinajstić information content (AvgIpc) is 3.20. The highest BCUT2D eigenvalue weighted by molar-refractivity contribution is 7.17. The van der Waals surface area contributed by atoms with Crippen LogP contribution < -0.4 is 11.1 Å². The second-order valence-electron chi connectivity index (χ2n) is 10.8. The maximum atomic E-state index is 13.7. The Labute approximate surface area is 215 Å². The summed E-state index contributed by atoms with van der Waals surface area (Å²) in [6.45, 7) is 8.81. The zero-order valence-corrected chi connectivity index (χ0v) is 22.0. The number of nitrogens with two attached hydrogens (primary N) is 1. The molecule has 4 aromatic rings. The molecule has 2 amide bonds. The fourth-order valence-electron chi connectivity index (χ4n) is 5.08. The van der Waals surface area contributed by atoms with Gasteiger partial charge < -0.3 is 11.1 Å². The van der Waals surface area contributed by atoms with Gasteiger partial charge in [-0.05, 0) is 55.2 Å². The van der Waals surface area contributed by atoms with Crippen molar-refractivity contribution in [2.45, 2.75) is 47.0 Å². The Balaban J connectivity index is 1.55. The number of benzene rings is 2. The zero-order chi connectivity index (χ0) is 25.6. The third kappa shape index (κ3) is 4.53. The molecule has 0 unspecified atom stereocenters. The Hall–Kier alpha value is -3.51. The molecule has 0 saturated carbocycles. The van der Waals surface area contributed by atoms with Crippen LogP contribution in [-0.2, 0) is 12.8 Å². The Kier molecular flexibility index (Phi) is 6.17. The summed E-state index contributed by atoms with van der Waals surface area (Å²) in [5.74, 6) is -0.235. The number of anilines is 1. The van der Waals surface area contributed by atoms with Crippen LogP contribution in [0.3, 0.4) is 0 Å². The first kappa shape index (κ1) is 24.2. The van der Waals surface area contributed by atoms with Gasteiger partial charge in [0.2, 0.25) is 0 Å². The highest BCUT2D eigenvalue weighted by Gasteiger charge is 2.33. The summed E-state index contributed by atoms with van der Waals surface area (Å²) >= 11 is 1.49. The molecule has 36 heavy (non-hydrogen) atoms. The highest BCUT2D eigenvalue weighted by atomic mass is 32.1. The molecule has 184 valence electrons. The minimum atomic E-state index is -0.489. The predicted molar refractivity (Wildman–Crippen MR) is 148 cm³/mol. The van der Waals surface area contributed by atoms with Crippen molar-refractivity contribution in [3.05, 3.63) is 81.7 Å². The van der Waals surface area contributed by atoms with E-state index in [1.54, 1.807) is 0 Å². The number of fused-ring (bicyclic) bond motifs is 2. The van der Waals surface area contributed by atoms with E-state index in [9.17, 15) is 9.59 Å². The molecular weight excluding hydrogens is 466 g/mol. The minimum Gasteiger partial charge on any atom is -0.365 e. The number of rotatable bonds is 4. The van der Waals surface area contributed by atoms with Gasteiger partial charge in [0.15, 0.2) is 0 Å². The molecule has 5 nitrogen and oxygen atoms in total. The first-order valence-electron chi connectivity index (χ1n) is 12.3. The quantitative estimate of drug-likeness (QED) is 0.326. The lowest BCUT2D eigenvalue weighted by Crippen LogP contribution is -2.27. The van der Waals surface area contributed by atoms with Gasteiger partial charge in [0, 0.05) is 15.8 Å². The summed E-state index contributed by atoms with van der Waals surface area (Å²) in [6.07, 6.45) is 2.71. The van der Waals surface area contributed by atoms with Crippen molar-refractivity contribution in [2.24, 2.45) is 17.1 Å². The monoisotopic (exact) mass is 497 g/mol. The first-order valence-corrected chi connectivity index (χ1v) is 13.2. The van der Waals surface area contributed by atoms with Crippen LogP contribution in [0.15, 0.2) is 54.6 Å². The van der Waals surface area contributed by atoms with E-state index in [2.05, 4.69) is 26.1 Å². The molecule has 1 aliphatic carbocycles. The molecule has 5 rings (SSSR count). The van der Waals surface area contributed by atoms with E-state index >= 15 is 0 Å². The summed E-state index contributed by atoms with van der Waals surface area (Å²) in [7, 11) is 0. The summed E-state index contributed by atoms with van der Waals surface area (Å²) in [4.78, 5) is 32.2. The van der Waals surface area contributed by atoms with Crippen LogP contribution in [0.1, 0.15) is 63.9 Å². The van der Waals surface area contributed by atoms with Crippen LogP contribution in [0.4, 0.5) is 5.00 Å². The summed E-state index contributed by atoms with van der Waals surface area (Å²) < 4.78 is 0. The fourth-order valence-corrected chi connectivity index (χ4v) is 6.41. The van der Waals surface area contributed by atoms with Gasteiger partial charge in [-0.25, -0.2) is 4.98 Å². The Morgan fingerprint density at radius 3 is 2.50 bits per heavy atom. The van der Waals surface area contributed by atoms with Crippen molar-refractivity contribution in [1.82, 2.24) is 4.98 Å². The molecule has 0 bridgehead atoms. The predicted octanol–water partition coefficient (Wildman–Crippen LogP) is 6.77. The summed E-state index contributed by atoms with van der Waals surface area (Å²) in [5.41, 5.74) is 11.6. The van der Waals surface area contributed by atoms with Gasteiger partial charge in [-0.15, -0.1) is 11.3 Å². The van der Waals surface area contributed by atoms with Gasteiger partial charge in [0.25, 0.3) is 11.8 Å². The van der Waals surface area contributed by atoms with Crippen molar-refractivity contribution in [3.63, 3.8) is 0 Å². The van der Waals surface area contributed by atoms with Crippen molar-refractivity contribution >= 4 is 39.1 Å². The summed E-state index contributed by atoms with van der Waals surface area (Å²) in [5, 5.41) is 4.36. The van der Waals surface area contributed by atoms with Gasteiger partial charge in [-0.1, -0.05) is 68.8 Å². The maximum absolute atomic E-state index is 13.7. The van der Waals surface area contributed by atoms with E-state index in [4.69, 9.17) is 10.7 Å². The maximum Gasteiger partial charge on any atom is 0.257 e. The van der Waals surface area contributed by atoms with E-state index < -0.39 is 5.91 Å². The molecule has 2 heterocycles. The number of primary amides is 1. The number of amides is 2. The molecule has 0 fully saturated rings. The van der Waals surface area contributed by atoms with E-state index in [0.717, 1.165) is 57.4 Å². The van der Waals surface area contributed by atoms with Crippen LogP contribution >= 0.6 is 11.3 Å². The molecule has 0 saturated heterocycles. The Morgan fingerprint density at radius 2 is 1.81 bits per heavy atom. The number of carbonyl (C=O) groups is 2. The fraction of sp³-hybridized carbons (Fsp3) is 0.300. The Bertz CT molecular complexity index is 1480. The number of carbonyl (C=O) groups excluding carboxylic acids is 2. The van der Waals surface area contributed by atoms with Crippen LogP contribution in [0.2, 0.25) is 0 Å². The smallest absolute Gasteiger partial charge is 0.257 e. The lowest BCUT2D eigenvalue weighted by atomic mass is 9.72. The van der Waals surface area contributed by atoms with E-state index in [1.165, 1.54) is 11.3 Å². The van der Waals surface area contributed by atoms with Crippen molar-refractivity contribution in [2.75, 3.05) is 5.32 Å². The number of nitrogens with zero attached hydrogens (tertiary/aromatic N) is 1. The van der Waals surface area contributed by atoms with Crippen molar-refractivity contribution in [3.8, 4) is 11.3 Å². The number of aromatic nitrogens is 1. The second-order valence-corrected chi connectivity index (χ2v) is 11.9. The number of hydrogen-bond acceptors (Lipinski definition) is 4. The lowest BCUT2D eigenvalue weighted by Gasteiger charge is -2.33. The van der Waals surface area contributed by atoms with Crippen LogP contribution in [0.25, 0.3) is 22.2 Å². The van der Waals surface area contributed by atoms with E-state index in [1.807, 2.05) is 61.5 Å². The molecule has 1 atom stereocenters. The third-order valence-electron chi connectivity index (χ3n) is 7.27. The number of aryl methyl sites for hydroxylation is 1. The van der Waals surface area contributed by atoms with Crippen LogP contribution in [0, 0.1) is 18.3 Å². The minimum absolute atomic E-state index is 0.181. The van der Waals surface area contributed by atoms with E-state index in [0.29, 0.717) is 22.0 Å². The van der Waals surface area contributed by atoms with Gasteiger partial charge in [0.05, 0.1) is 22.3 Å². The van der Waals surface area contributed by atoms with Gasteiger partial charge in [0.1, 0.15) is 5.00 Å². The highest BCUT2D eigenvalue weighted by Crippen LogP contribution is 2.44. The molecule has 0 spiro atoms. The second kappa shape index (κ2) is 9.17. The van der Waals surface area contributed by atoms with Crippen molar-refractivity contribution in [1.29, 1.82) is 0 Å². The number of pyridine rings is 1. The number of nitrogens with one attached hydrogen (secondary N) is 1. The van der Waals surface area contributed by atoms with Crippen molar-refractivity contribution < 1.29 is 9.59 Å². The number of hydrogen-bond donors (Lipinski definition) is 2. The molecule has 2 aromatic heterocycles. The SMILES string of the molecule is Cc1ccc(-c2cc(C(=O)Nc3sc4c(c3C(N)=O)CC[C@H](C(C)(C)C)C4)c3ccccc3n2)cc1. The Morgan fingerprint density at radius 1 is 1.08 bits per heavy atom. The van der Waals surface area contributed by atoms with Gasteiger partial charge in [-0.2, -0.15) is 0 Å². The van der Waals surface area contributed by atoms with Crippen LogP contribution in [0.5, 0.6) is 0 Å². The van der Waals surface area contributed by atoms with Gasteiger partial charge >= 0.3 is 0 Å². The van der Waals surface area contributed by atoms with Gasteiger partial charge in [-0.3, -0.25) is 9.59 Å². The average molecular weight is 498 g/mol. The number of thiophene rings is 1. The first-order chi connectivity index (χ1) is 17.1. The topological polar surface area (TPSA) is 85.1 Å². The largest absolute Gasteiger partial charge is 0.365 e. The third-order valence-corrected chi connectivity index (χ3v) is 8.44. The molecule has 0 aliphatic heterocycles. The zero-order valence-electron chi connectivity index (χ0n) is 21.1. The molecule has 2 aromatic carbocycles. The normalized spacial score (nSPS) is 15.5. The molecular formula is C30H31N3O2S. The lowest BCUT2D eigenvalue weighted by molar-refractivity contribution is 0.1000. The number of para-hydroxylation sites is 1. The molecule has 3 N–H and O–H groups in total. The molecule has 0 radical (unpaired) electrons. The summed E-state index contributed by atoms with van der Waals surface area (Å²) in [6, 6.07) is 17.6.